The van der Waals surface area contributed by atoms with E-state index in [9.17, 15) is 4.79 Å². The molecule has 5 aromatic rings. The fourth-order valence-corrected chi connectivity index (χ4v) is 5.06. The molecule has 1 aliphatic rings. The van der Waals surface area contributed by atoms with Gasteiger partial charge in [0.25, 0.3) is 5.91 Å². The Morgan fingerprint density at radius 3 is 3.00 bits per heavy atom. The van der Waals surface area contributed by atoms with Crippen LogP contribution >= 0.6 is 11.6 Å². The molecule has 34 heavy (non-hydrogen) atoms. The van der Waals surface area contributed by atoms with E-state index in [1.54, 1.807) is 6.33 Å². The number of aromatic amines is 1. The first-order valence-corrected chi connectivity index (χ1v) is 11.4. The minimum absolute atomic E-state index is 0.155. The third kappa shape index (κ3) is 3.38. The van der Waals surface area contributed by atoms with Crippen LogP contribution in [0.1, 0.15) is 39.4 Å². The molecule has 0 fully saturated rings. The monoisotopic (exact) mass is 475 g/mol. The summed E-state index contributed by atoms with van der Waals surface area (Å²) in [5.41, 5.74) is 12.7. The lowest BCUT2D eigenvalue weighted by Gasteiger charge is -2.07. The zero-order chi connectivity index (χ0) is 23.4. The van der Waals surface area contributed by atoms with Gasteiger partial charge in [-0.05, 0) is 43.0 Å². The Kier molecular flexibility index (Phi) is 4.77. The summed E-state index contributed by atoms with van der Waals surface area (Å²) in [5, 5.41) is 9.03. The average Bonchev–Trinajstić information content (AvgIpc) is 3.58. The van der Waals surface area contributed by atoms with Crippen LogP contribution in [0.3, 0.4) is 0 Å². The van der Waals surface area contributed by atoms with E-state index in [0.717, 1.165) is 52.7 Å². The summed E-state index contributed by atoms with van der Waals surface area (Å²) in [6.45, 7) is 0.851. The van der Waals surface area contributed by atoms with Crippen molar-refractivity contribution in [3.8, 4) is 0 Å². The van der Waals surface area contributed by atoms with Crippen LogP contribution < -0.4 is 11.1 Å². The maximum absolute atomic E-state index is 12.8. The van der Waals surface area contributed by atoms with Crippen LogP contribution in [0.5, 0.6) is 0 Å². The number of amides is 1. The Morgan fingerprint density at radius 1 is 1.24 bits per heavy atom. The van der Waals surface area contributed by atoms with Crippen LogP contribution in [0.25, 0.3) is 22.1 Å². The molecule has 172 valence electrons. The number of fused-ring (bicyclic) bond motifs is 3. The van der Waals surface area contributed by atoms with E-state index in [0.29, 0.717) is 40.8 Å². The van der Waals surface area contributed by atoms with E-state index in [4.69, 9.17) is 17.3 Å². The number of imidazole rings is 1. The summed E-state index contributed by atoms with van der Waals surface area (Å²) in [5.74, 6) is 0.189. The summed E-state index contributed by atoms with van der Waals surface area (Å²) >= 11 is 6.42. The number of H-pyrrole nitrogens is 1. The molecule has 1 aliphatic carbocycles. The van der Waals surface area contributed by atoms with E-state index in [1.165, 1.54) is 6.33 Å². The number of nitrogens with one attached hydrogen (secondary N) is 2. The molecule has 4 heterocycles. The first-order valence-electron chi connectivity index (χ1n) is 11.0. The molecule has 6 rings (SSSR count). The topological polar surface area (TPSA) is 132 Å². The summed E-state index contributed by atoms with van der Waals surface area (Å²) < 4.78 is 3.73. The van der Waals surface area contributed by atoms with E-state index in [1.807, 2.05) is 34.5 Å². The van der Waals surface area contributed by atoms with Crippen LogP contribution in [0.15, 0.2) is 30.9 Å². The average molecular weight is 476 g/mol. The van der Waals surface area contributed by atoms with Gasteiger partial charge in [-0.3, -0.25) is 9.48 Å². The molecular formula is C23H22ClN9O. The van der Waals surface area contributed by atoms with Gasteiger partial charge >= 0.3 is 0 Å². The van der Waals surface area contributed by atoms with Gasteiger partial charge in [0.05, 0.1) is 24.9 Å². The molecule has 1 amide bonds. The highest BCUT2D eigenvalue weighted by Crippen LogP contribution is 2.27. The molecule has 1 aromatic carbocycles. The van der Waals surface area contributed by atoms with Crippen molar-refractivity contribution in [1.82, 2.24) is 39.6 Å². The van der Waals surface area contributed by atoms with Crippen LogP contribution in [0.2, 0.25) is 5.02 Å². The minimum atomic E-state index is -0.155. The van der Waals surface area contributed by atoms with Gasteiger partial charge in [-0.1, -0.05) is 11.6 Å². The second-order valence-corrected chi connectivity index (χ2v) is 9.00. The summed E-state index contributed by atoms with van der Waals surface area (Å²) in [4.78, 5) is 28.9. The highest BCUT2D eigenvalue weighted by molar-refractivity contribution is 6.31. The molecule has 0 saturated carbocycles. The number of aryl methyl sites for hydroxylation is 1. The van der Waals surface area contributed by atoms with Crippen LogP contribution in [0, 0.1) is 0 Å². The van der Waals surface area contributed by atoms with E-state index < -0.39 is 0 Å². The lowest BCUT2D eigenvalue weighted by Crippen LogP contribution is -2.24. The first-order chi connectivity index (χ1) is 16.5. The number of anilines is 1. The minimum Gasteiger partial charge on any atom is -0.382 e. The van der Waals surface area contributed by atoms with Crippen molar-refractivity contribution in [3.63, 3.8) is 0 Å². The van der Waals surface area contributed by atoms with Crippen molar-refractivity contribution in [3.05, 3.63) is 64.1 Å². The summed E-state index contributed by atoms with van der Waals surface area (Å²) in [6, 6.07) is 5.82. The zero-order valence-electron chi connectivity index (χ0n) is 18.5. The number of carbonyl (C=O) groups is 1. The number of carbonyl (C=O) groups excluding carboxylic acids is 1. The number of hydrogen-bond donors (Lipinski definition) is 3. The zero-order valence-corrected chi connectivity index (χ0v) is 19.2. The van der Waals surface area contributed by atoms with Crippen molar-refractivity contribution in [2.45, 2.75) is 32.4 Å². The van der Waals surface area contributed by atoms with Crippen molar-refractivity contribution in [2.24, 2.45) is 7.05 Å². The van der Waals surface area contributed by atoms with Gasteiger partial charge in [-0.15, -0.1) is 0 Å². The Morgan fingerprint density at radius 2 is 2.12 bits per heavy atom. The normalized spacial score (nSPS) is 13.1. The third-order valence-corrected chi connectivity index (χ3v) is 6.59. The largest absolute Gasteiger partial charge is 0.382 e. The fraction of sp³-hybridized carbons (Fsp3) is 0.261. The van der Waals surface area contributed by atoms with Gasteiger partial charge in [0.2, 0.25) is 0 Å². The van der Waals surface area contributed by atoms with Crippen molar-refractivity contribution in [1.29, 1.82) is 0 Å². The maximum Gasteiger partial charge on any atom is 0.272 e. The lowest BCUT2D eigenvalue weighted by molar-refractivity contribution is 0.0944. The fourth-order valence-electron chi connectivity index (χ4n) is 4.81. The number of nitrogens with zero attached hydrogens (tertiary/aromatic N) is 6. The predicted octanol–water partition coefficient (Wildman–Crippen LogP) is 2.74. The van der Waals surface area contributed by atoms with Gasteiger partial charge in [0.1, 0.15) is 11.8 Å². The SMILES string of the molecule is Cn1nc(C(=O)NCc2cc3cc(Cl)cc(Cn4cnc5c(N)ncnc54)c3[nH]2)c2c1CCC2. The third-order valence-electron chi connectivity index (χ3n) is 6.37. The molecule has 0 radical (unpaired) electrons. The van der Waals surface area contributed by atoms with Gasteiger partial charge in [-0.2, -0.15) is 5.10 Å². The predicted molar refractivity (Wildman–Crippen MR) is 129 cm³/mol. The van der Waals surface area contributed by atoms with Crippen LogP contribution in [-0.2, 0) is 33.0 Å². The maximum atomic E-state index is 12.8. The molecule has 0 aliphatic heterocycles. The second-order valence-electron chi connectivity index (χ2n) is 8.56. The van der Waals surface area contributed by atoms with Crippen molar-refractivity contribution in [2.75, 3.05) is 5.73 Å². The number of aromatic nitrogens is 7. The quantitative estimate of drug-likeness (QED) is 0.358. The Bertz CT molecular complexity index is 1580. The number of halogens is 1. The number of hydrogen-bond acceptors (Lipinski definition) is 6. The molecule has 4 N–H and O–H groups in total. The highest BCUT2D eigenvalue weighted by Gasteiger charge is 2.25. The van der Waals surface area contributed by atoms with E-state index in [2.05, 4.69) is 30.4 Å². The number of nitrogens with two attached hydrogens (primary N) is 1. The number of benzene rings is 1. The molecule has 10 nitrogen and oxygen atoms in total. The second kappa shape index (κ2) is 7.84. The molecule has 0 atom stereocenters. The van der Waals surface area contributed by atoms with Gasteiger partial charge in [0, 0.05) is 34.4 Å². The van der Waals surface area contributed by atoms with Crippen molar-refractivity contribution >= 4 is 45.4 Å². The van der Waals surface area contributed by atoms with Gasteiger partial charge < -0.3 is 20.6 Å². The Labute approximate surface area is 199 Å². The smallest absolute Gasteiger partial charge is 0.272 e. The van der Waals surface area contributed by atoms with Crippen LogP contribution in [0.4, 0.5) is 5.82 Å². The summed E-state index contributed by atoms with van der Waals surface area (Å²) in [6.07, 6.45) is 6.06. The lowest BCUT2D eigenvalue weighted by atomic mass is 10.1. The van der Waals surface area contributed by atoms with E-state index >= 15 is 0 Å². The number of rotatable bonds is 5. The molecule has 0 spiro atoms. The standard InChI is InChI=1S/C23H22ClN9O/c1-32-17-4-2-3-16(17)19(31-32)23(34)26-8-15-7-12-5-14(24)6-13(18(12)30-15)9-33-11-29-20-21(25)27-10-28-22(20)33/h5-7,10-11,30H,2-4,8-9H2,1H3,(H,26,34)(H2,25,27,28). The molecule has 4 aromatic heterocycles. The molecule has 11 heteroatoms. The molecule has 0 bridgehead atoms. The van der Waals surface area contributed by atoms with E-state index in [-0.39, 0.29) is 5.91 Å². The molecular weight excluding hydrogens is 454 g/mol. The Balaban J connectivity index is 1.27. The van der Waals surface area contributed by atoms with Crippen LogP contribution in [-0.4, -0.2) is 40.2 Å². The van der Waals surface area contributed by atoms with Gasteiger partial charge in [0.15, 0.2) is 17.2 Å². The highest BCUT2D eigenvalue weighted by atomic mass is 35.5. The first kappa shape index (κ1) is 20.7. The van der Waals surface area contributed by atoms with Crippen molar-refractivity contribution < 1.29 is 4.79 Å². The Hall–Kier alpha value is -3.92. The summed E-state index contributed by atoms with van der Waals surface area (Å²) in [7, 11) is 1.90. The molecule has 0 unspecified atom stereocenters. The van der Waals surface area contributed by atoms with Gasteiger partial charge in [-0.25, -0.2) is 15.0 Å². The number of nitrogen functional groups attached to an aromatic ring is 1. The molecule has 0 saturated heterocycles.